The summed E-state index contributed by atoms with van der Waals surface area (Å²) in [6.07, 6.45) is 1.34. The maximum absolute atomic E-state index is 12.8. The van der Waals surface area contributed by atoms with Crippen LogP contribution in [0.2, 0.25) is 0 Å². The van der Waals surface area contributed by atoms with Crippen molar-refractivity contribution in [2.75, 3.05) is 5.32 Å². The highest BCUT2D eigenvalue weighted by atomic mass is 16.2. The molecule has 0 radical (unpaired) electrons. The van der Waals surface area contributed by atoms with Crippen LogP contribution in [0.25, 0.3) is 0 Å². The number of carbonyl (C=O) groups is 2. The van der Waals surface area contributed by atoms with E-state index in [1.807, 2.05) is 84.9 Å². The Bertz CT molecular complexity index is 941. The molecule has 5 heteroatoms. The van der Waals surface area contributed by atoms with E-state index in [1.54, 1.807) is 0 Å². The van der Waals surface area contributed by atoms with E-state index in [0.29, 0.717) is 18.7 Å². The fourth-order valence-corrected chi connectivity index (χ4v) is 3.12. The zero-order valence-electron chi connectivity index (χ0n) is 17.1. The molecule has 0 fully saturated rings. The predicted octanol–water partition coefficient (Wildman–Crippen LogP) is 4.30. The highest BCUT2D eigenvalue weighted by molar-refractivity contribution is 5.93. The van der Waals surface area contributed by atoms with Gasteiger partial charge in [-0.05, 0) is 35.2 Å². The van der Waals surface area contributed by atoms with Gasteiger partial charge in [0.15, 0.2) is 0 Å². The molecule has 1 atom stereocenters. The number of carbonyl (C=O) groups excluding carboxylic acids is 2. The van der Waals surface area contributed by atoms with E-state index >= 15 is 0 Å². The van der Waals surface area contributed by atoms with E-state index in [2.05, 4.69) is 22.9 Å². The van der Waals surface area contributed by atoms with Crippen LogP contribution in [0.5, 0.6) is 0 Å². The van der Waals surface area contributed by atoms with Crippen LogP contribution < -0.4 is 16.0 Å². The number of amides is 3. The molecule has 30 heavy (non-hydrogen) atoms. The third-order valence-corrected chi connectivity index (χ3v) is 4.83. The number of rotatable bonds is 8. The van der Waals surface area contributed by atoms with Gasteiger partial charge in [0.25, 0.3) is 0 Å². The summed E-state index contributed by atoms with van der Waals surface area (Å²) in [5, 5.41) is 8.55. The van der Waals surface area contributed by atoms with Crippen molar-refractivity contribution in [2.24, 2.45) is 0 Å². The third kappa shape index (κ3) is 6.48. The molecule has 0 aliphatic heterocycles. The highest BCUT2D eigenvalue weighted by Gasteiger charge is 2.21. The van der Waals surface area contributed by atoms with Crippen LogP contribution in [0.3, 0.4) is 0 Å². The van der Waals surface area contributed by atoms with Gasteiger partial charge < -0.3 is 16.0 Å². The van der Waals surface area contributed by atoms with Crippen LogP contribution >= 0.6 is 0 Å². The van der Waals surface area contributed by atoms with Gasteiger partial charge in [0.2, 0.25) is 5.91 Å². The zero-order chi connectivity index (χ0) is 21.2. The SMILES string of the molecule is CCc1ccc(NC(=O)NC(Cc2ccccc2)C(=O)NCc2ccccc2)cc1. The van der Waals surface area contributed by atoms with E-state index in [1.165, 1.54) is 5.56 Å². The second-order valence-electron chi connectivity index (χ2n) is 7.09. The lowest BCUT2D eigenvalue weighted by Crippen LogP contribution is -2.49. The second-order valence-corrected chi connectivity index (χ2v) is 7.09. The molecule has 0 aliphatic rings. The summed E-state index contributed by atoms with van der Waals surface area (Å²) in [4.78, 5) is 25.4. The van der Waals surface area contributed by atoms with Gasteiger partial charge in [-0.3, -0.25) is 4.79 Å². The minimum Gasteiger partial charge on any atom is -0.350 e. The fourth-order valence-electron chi connectivity index (χ4n) is 3.12. The third-order valence-electron chi connectivity index (χ3n) is 4.83. The molecule has 154 valence electrons. The van der Waals surface area contributed by atoms with Gasteiger partial charge in [0.05, 0.1) is 0 Å². The number of nitrogens with one attached hydrogen (secondary N) is 3. The van der Waals surface area contributed by atoms with E-state index in [4.69, 9.17) is 0 Å². The molecule has 0 aliphatic carbocycles. The topological polar surface area (TPSA) is 70.2 Å². The van der Waals surface area contributed by atoms with Crippen LogP contribution in [0.4, 0.5) is 10.5 Å². The maximum Gasteiger partial charge on any atom is 0.319 e. The Morgan fingerprint density at radius 3 is 1.97 bits per heavy atom. The smallest absolute Gasteiger partial charge is 0.319 e. The lowest BCUT2D eigenvalue weighted by molar-refractivity contribution is -0.123. The summed E-state index contributed by atoms with van der Waals surface area (Å²) < 4.78 is 0. The molecule has 3 aromatic carbocycles. The van der Waals surface area contributed by atoms with Gasteiger partial charge in [-0.25, -0.2) is 4.79 Å². The summed E-state index contributed by atoms with van der Waals surface area (Å²) in [7, 11) is 0. The summed E-state index contributed by atoms with van der Waals surface area (Å²) in [6, 6.07) is 25.9. The first-order valence-electron chi connectivity index (χ1n) is 10.2. The molecule has 0 bridgehead atoms. The lowest BCUT2D eigenvalue weighted by atomic mass is 10.1. The number of hydrogen-bond donors (Lipinski definition) is 3. The summed E-state index contributed by atoms with van der Waals surface area (Å²) in [6.45, 7) is 2.49. The summed E-state index contributed by atoms with van der Waals surface area (Å²) in [5.41, 5.74) is 3.87. The number of anilines is 1. The van der Waals surface area contributed by atoms with E-state index in [-0.39, 0.29) is 5.91 Å². The molecule has 0 heterocycles. The van der Waals surface area contributed by atoms with E-state index in [9.17, 15) is 9.59 Å². The van der Waals surface area contributed by atoms with Crippen molar-refractivity contribution in [3.05, 3.63) is 102 Å². The number of urea groups is 1. The van der Waals surface area contributed by atoms with Gasteiger partial charge >= 0.3 is 6.03 Å². The molecule has 1 unspecified atom stereocenters. The summed E-state index contributed by atoms with van der Waals surface area (Å²) in [5.74, 6) is -0.223. The van der Waals surface area contributed by atoms with Gasteiger partial charge in [-0.1, -0.05) is 79.7 Å². The molecule has 0 aromatic heterocycles. The van der Waals surface area contributed by atoms with E-state index in [0.717, 1.165) is 17.5 Å². The monoisotopic (exact) mass is 401 g/mol. The number of benzene rings is 3. The van der Waals surface area contributed by atoms with Crippen molar-refractivity contribution in [1.29, 1.82) is 0 Å². The normalized spacial score (nSPS) is 11.4. The largest absolute Gasteiger partial charge is 0.350 e. The molecule has 0 spiro atoms. The number of hydrogen-bond acceptors (Lipinski definition) is 2. The van der Waals surface area contributed by atoms with Crippen molar-refractivity contribution in [1.82, 2.24) is 10.6 Å². The van der Waals surface area contributed by atoms with Crippen LogP contribution in [0.15, 0.2) is 84.9 Å². The predicted molar refractivity (Wildman–Crippen MR) is 120 cm³/mol. The highest BCUT2D eigenvalue weighted by Crippen LogP contribution is 2.10. The van der Waals surface area contributed by atoms with Crippen molar-refractivity contribution >= 4 is 17.6 Å². The van der Waals surface area contributed by atoms with Gasteiger partial charge in [-0.15, -0.1) is 0 Å². The Morgan fingerprint density at radius 2 is 1.37 bits per heavy atom. The fraction of sp³-hybridized carbons (Fsp3) is 0.200. The molecule has 3 amide bonds. The molecule has 3 rings (SSSR count). The van der Waals surface area contributed by atoms with Crippen molar-refractivity contribution in [3.8, 4) is 0 Å². The van der Waals surface area contributed by atoms with Crippen molar-refractivity contribution < 1.29 is 9.59 Å². The Morgan fingerprint density at radius 1 is 0.767 bits per heavy atom. The van der Waals surface area contributed by atoms with Gasteiger partial charge in [0.1, 0.15) is 6.04 Å². The summed E-state index contributed by atoms with van der Waals surface area (Å²) >= 11 is 0. The Balaban J connectivity index is 1.64. The average molecular weight is 402 g/mol. The standard InChI is InChI=1S/C25H27N3O2/c1-2-19-13-15-22(16-14-19)27-25(30)28-23(17-20-9-5-3-6-10-20)24(29)26-18-21-11-7-4-8-12-21/h3-16,23H,2,17-18H2,1H3,(H,26,29)(H2,27,28,30). The first kappa shape index (κ1) is 21.1. The molecule has 0 saturated carbocycles. The second kappa shape index (κ2) is 10.8. The Kier molecular flexibility index (Phi) is 7.61. The lowest BCUT2D eigenvalue weighted by Gasteiger charge is -2.19. The van der Waals surface area contributed by atoms with Crippen molar-refractivity contribution in [3.63, 3.8) is 0 Å². The van der Waals surface area contributed by atoms with Crippen LogP contribution in [-0.2, 0) is 24.2 Å². The molecule has 0 saturated heterocycles. The Hall–Kier alpha value is -3.60. The minimum absolute atomic E-state index is 0.223. The zero-order valence-corrected chi connectivity index (χ0v) is 17.1. The Labute approximate surface area is 177 Å². The number of aryl methyl sites for hydroxylation is 1. The molecule has 3 aromatic rings. The van der Waals surface area contributed by atoms with Crippen LogP contribution in [-0.4, -0.2) is 18.0 Å². The first-order chi connectivity index (χ1) is 14.6. The quantitative estimate of drug-likeness (QED) is 0.527. The average Bonchev–Trinajstić information content (AvgIpc) is 2.79. The van der Waals surface area contributed by atoms with Crippen LogP contribution in [0, 0.1) is 0 Å². The molecule has 5 nitrogen and oxygen atoms in total. The van der Waals surface area contributed by atoms with Crippen LogP contribution in [0.1, 0.15) is 23.6 Å². The molecule has 3 N–H and O–H groups in total. The van der Waals surface area contributed by atoms with Crippen molar-refractivity contribution in [2.45, 2.75) is 32.4 Å². The molecular weight excluding hydrogens is 374 g/mol. The molecular formula is C25H27N3O2. The maximum atomic E-state index is 12.8. The van der Waals surface area contributed by atoms with E-state index < -0.39 is 12.1 Å². The van der Waals surface area contributed by atoms with Gasteiger partial charge in [0, 0.05) is 18.7 Å². The van der Waals surface area contributed by atoms with Gasteiger partial charge in [-0.2, -0.15) is 0 Å². The minimum atomic E-state index is -0.689. The first-order valence-corrected chi connectivity index (χ1v) is 10.2.